The average Bonchev–Trinajstić information content (AvgIpc) is 3.13. The van der Waals surface area contributed by atoms with Gasteiger partial charge in [0, 0.05) is 6.92 Å². The van der Waals surface area contributed by atoms with E-state index in [1.54, 1.807) is 56.5 Å². The van der Waals surface area contributed by atoms with Gasteiger partial charge in [-0.3, -0.25) is 14.2 Å². The fourth-order valence-corrected chi connectivity index (χ4v) is 4.79. The summed E-state index contributed by atoms with van der Waals surface area (Å²) in [5.41, 5.74) is 2.01. The van der Waals surface area contributed by atoms with Gasteiger partial charge < -0.3 is 14.2 Å². The third kappa shape index (κ3) is 4.42. The van der Waals surface area contributed by atoms with Crippen molar-refractivity contribution in [1.29, 1.82) is 0 Å². The number of thiazole rings is 1. The van der Waals surface area contributed by atoms with E-state index in [0.29, 0.717) is 32.1 Å². The molecule has 0 N–H and O–H groups in total. The molecule has 0 fully saturated rings. The average molecular weight is 479 g/mol. The Labute approximate surface area is 199 Å². The summed E-state index contributed by atoms with van der Waals surface area (Å²) in [5.74, 6) is 0.131. The third-order valence-corrected chi connectivity index (χ3v) is 6.28. The number of fused-ring (bicyclic) bond motifs is 1. The summed E-state index contributed by atoms with van der Waals surface area (Å²) in [5, 5.41) is 0. The molecule has 0 unspecified atom stereocenters. The van der Waals surface area contributed by atoms with Crippen molar-refractivity contribution < 1.29 is 23.8 Å². The van der Waals surface area contributed by atoms with E-state index in [1.165, 1.54) is 29.9 Å². The normalized spacial score (nSPS) is 15.4. The Morgan fingerprint density at radius 1 is 1.03 bits per heavy atom. The maximum Gasteiger partial charge on any atom is 0.338 e. The first-order valence-electron chi connectivity index (χ1n) is 10.4. The number of benzene rings is 2. The number of methoxy groups -OCH3 is 2. The second kappa shape index (κ2) is 9.48. The summed E-state index contributed by atoms with van der Waals surface area (Å²) in [6.45, 7) is 3.06. The Balaban J connectivity index is 1.86. The van der Waals surface area contributed by atoms with Gasteiger partial charge in [0.1, 0.15) is 11.5 Å². The van der Waals surface area contributed by atoms with E-state index < -0.39 is 18.0 Å². The Morgan fingerprint density at radius 3 is 2.26 bits per heavy atom. The molecule has 9 heteroatoms. The zero-order valence-corrected chi connectivity index (χ0v) is 19.8. The molecule has 0 saturated carbocycles. The van der Waals surface area contributed by atoms with E-state index >= 15 is 0 Å². The largest absolute Gasteiger partial charge is 0.497 e. The van der Waals surface area contributed by atoms with Gasteiger partial charge in [-0.15, -0.1) is 0 Å². The summed E-state index contributed by atoms with van der Waals surface area (Å²) >= 11 is 1.23. The molecular formula is C25H22N2O6S. The molecular weight excluding hydrogens is 456 g/mol. The first kappa shape index (κ1) is 23.2. The summed E-state index contributed by atoms with van der Waals surface area (Å²) in [7, 11) is 2.87. The van der Waals surface area contributed by atoms with E-state index in [1.807, 2.05) is 12.1 Å². The highest BCUT2D eigenvalue weighted by Crippen LogP contribution is 2.31. The van der Waals surface area contributed by atoms with Crippen LogP contribution in [0.4, 0.5) is 0 Å². The van der Waals surface area contributed by atoms with Gasteiger partial charge in [-0.05, 0) is 48.4 Å². The van der Waals surface area contributed by atoms with Crippen LogP contribution in [0.15, 0.2) is 69.6 Å². The summed E-state index contributed by atoms with van der Waals surface area (Å²) < 4.78 is 17.3. The monoisotopic (exact) mass is 478 g/mol. The first-order chi connectivity index (χ1) is 16.3. The number of ether oxygens (including phenoxy) is 3. The van der Waals surface area contributed by atoms with Gasteiger partial charge in [0.15, 0.2) is 4.80 Å². The predicted octanol–water partition coefficient (Wildman–Crippen LogP) is 2.34. The van der Waals surface area contributed by atoms with Crippen LogP contribution in [-0.2, 0) is 14.3 Å². The van der Waals surface area contributed by atoms with Crippen molar-refractivity contribution in [2.45, 2.75) is 19.9 Å². The van der Waals surface area contributed by atoms with Gasteiger partial charge in [-0.25, -0.2) is 9.79 Å². The second-order valence-electron chi connectivity index (χ2n) is 7.51. The van der Waals surface area contributed by atoms with Crippen LogP contribution in [0.5, 0.6) is 11.5 Å². The van der Waals surface area contributed by atoms with Crippen LogP contribution in [-0.4, -0.2) is 30.7 Å². The van der Waals surface area contributed by atoms with Gasteiger partial charge in [0.2, 0.25) is 0 Å². The molecule has 1 aliphatic heterocycles. The fourth-order valence-electron chi connectivity index (χ4n) is 3.74. The lowest BCUT2D eigenvalue weighted by atomic mass is 9.96. The molecule has 0 bridgehead atoms. The molecule has 1 aromatic heterocycles. The minimum atomic E-state index is -0.692. The van der Waals surface area contributed by atoms with E-state index in [4.69, 9.17) is 14.2 Å². The number of rotatable bonds is 5. The summed E-state index contributed by atoms with van der Waals surface area (Å²) in [4.78, 5) is 42.3. The summed E-state index contributed by atoms with van der Waals surface area (Å²) in [6, 6.07) is 13.3. The van der Waals surface area contributed by atoms with Crippen LogP contribution >= 0.6 is 11.3 Å². The first-order valence-corrected chi connectivity index (χ1v) is 11.2. The van der Waals surface area contributed by atoms with Gasteiger partial charge in [-0.1, -0.05) is 35.6 Å². The Bertz CT molecular complexity index is 1460. The topological polar surface area (TPSA) is 96.2 Å². The molecule has 34 heavy (non-hydrogen) atoms. The fraction of sp³-hybridized carbons (Fsp3) is 0.200. The minimum Gasteiger partial charge on any atom is -0.497 e. The molecule has 174 valence electrons. The van der Waals surface area contributed by atoms with Crippen LogP contribution in [0.25, 0.3) is 6.08 Å². The number of hydrogen-bond donors (Lipinski definition) is 0. The highest BCUT2D eigenvalue weighted by molar-refractivity contribution is 7.07. The Morgan fingerprint density at radius 2 is 1.68 bits per heavy atom. The molecule has 0 aliphatic carbocycles. The van der Waals surface area contributed by atoms with E-state index in [9.17, 15) is 14.4 Å². The standard InChI is InChI=1S/C25H22N2O6S/c1-14-21(24(30)32-4)22(17-7-11-18(31-3)12-8-17)27-23(29)20(34-25(27)26-14)13-16-5-9-19(10-6-16)33-15(2)28/h5-13,22H,1-4H3/b20-13+/t22-/m1/s1. The number of carbonyl (C=O) groups excluding carboxylic acids is 2. The van der Waals surface area contributed by atoms with Crippen LogP contribution in [0.2, 0.25) is 0 Å². The van der Waals surface area contributed by atoms with Gasteiger partial charge in [-0.2, -0.15) is 0 Å². The van der Waals surface area contributed by atoms with E-state index in [-0.39, 0.29) is 5.56 Å². The van der Waals surface area contributed by atoms with Crippen molar-refractivity contribution in [2.75, 3.05) is 14.2 Å². The lowest BCUT2D eigenvalue weighted by Crippen LogP contribution is -2.39. The van der Waals surface area contributed by atoms with Crippen molar-refractivity contribution in [3.63, 3.8) is 0 Å². The maximum atomic E-state index is 13.5. The Kier molecular flexibility index (Phi) is 6.47. The molecule has 4 rings (SSSR count). The Hall–Kier alpha value is -3.98. The van der Waals surface area contributed by atoms with Crippen LogP contribution in [0.3, 0.4) is 0 Å². The lowest BCUT2D eigenvalue weighted by molar-refractivity contribution is -0.136. The number of esters is 2. The van der Waals surface area contributed by atoms with Crippen LogP contribution in [0, 0.1) is 0 Å². The third-order valence-electron chi connectivity index (χ3n) is 5.30. The van der Waals surface area contributed by atoms with Crippen LogP contribution in [0.1, 0.15) is 31.0 Å². The van der Waals surface area contributed by atoms with Gasteiger partial charge >= 0.3 is 11.9 Å². The highest BCUT2D eigenvalue weighted by Gasteiger charge is 2.33. The number of hydrogen-bond acceptors (Lipinski definition) is 8. The van der Waals surface area contributed by atoms with Crippen molar-refractivity contribution in [1.82, 2.24) is 4.57 Å². The van der Waals surface area contributed by atoms with Crippen molar-refractivity contribution >= 4 is 29.4 Å². The molecule has 2 aromatic carbocycles. The highest BCUT2D eigenvalue weighted by atomic mass is 32.1. The van der Waals surface area contributed by atoms with Crippen molar-refractivity contribution in [2.24, 2.45) is 4.99 Å². The molecule has 1 aliphatic rings. The molecule has 2 heterocycles. The van der Waals surface area contributed by atoms with Crippen LogP contribution < -0.4 is 24.4 Å². The zero-order chi connectivity index (χ0) is 24.4. The van der Waals surface area contributed by atoms with Gasteiger partial charge in [0.25, 0.3) is 5.56 Å². The van der Waals surface area contributed by atoms with Gasteiger partial charge in [0.05, 0.1) is 36.1 Å². The molecule has 0 saturated heterocycles. The number of carbonyl (C=O) groups is 2. The predicted molar refractivity (Wildman–Crippen MR) is 127 cm³/mol. The molecule has 3 aromatic rings. The quantitative estimate of drug-likeness (QED) is 0.413. The molecule has 0 radical (unpaired) electrons. The number of allylic oxidation sites excluding steroid dienone is 1. The summed E-state index contributed by atoms with van der Waals surface area (Å²) in [6.07, 6.45) is 1.74. The van der Waals surface area contributed by atoms with E-state index in [2.05, 4.69) is 4.99 Å². The second-order valence-corrected chi connectivity index (χ2v) is 8.52. The maximum absolute atomic E-state index is 13.5. The molecule has 0 spiro atoms. The molecule has 0 amide bonds. The SMILES string of the molecule is COC(=O)C1=C(C)N=c2s/c(=C/c3ccc(OC(C)=O)cc3)c(=O)n2[C@@H]1c1ccc(OC)cc1. The van der Waals surface area contributed by atoms with E-state index in [0.717, 1.165) is 11.1 Å². The molecule has 1 atom stereocenters. The van der Waals surface area contributed by atoms with Crippen molar-refractivity contribution in [3.05, 3.63) is 90.6 Å². The minimum absolute atomic E-state index is 0.275. The lowest BCUT2D eigenvalue weighted by Gasteiger charge is -2.24. The van der Waals surface area contributed by atoms with Crippen molar-refractivity contribution in [3.8, 4) is 11.5 Å². The molecule has 8 nitrogen and oxygen atoms in total. The smallest absolute Gasteiger partial charge is 0.338 e. The number of nitrogens with zero attached hydrogens (tertiary/aromatic N) is 2. The number of aromatic nitrogens is 1. The zero-order valence-electron chi connectivity index (χ0n) is 19.0.